The molecule has 1 aliphatic rings. The van der Waals surface area contributed by atoms with Gasteiger partial charge in [-0.1, -0.05) is 42.5 Å². The van der Waals surface area contributed by atoms with Gasteiger partial charge >= 0.3 is 0 Å². The van der Waals surface area contributed by atoms with E-state index >= 15 is 0 Å². The zero-order valence-electron chi connectivity index (χ0n) is 15.5. The highest BCUT2D eigenvalue weighted by Gasteiger charge is 2.23. The number of aromatic hydroxyl groups is 1. The van der Waals surface area contributed by atoms with Crippen molar-refractivity contribution in [2.75, 3.05) is 44.7 Å². The van der Waals surface area contributed by atoms with Gasteiger partial charge < -0.3 is 14.9 Å². The summed E-state index contributed by atoms with van der Waals surface area (Å²) >= 11 is 0. The molecule has 0 radical (unpaired) electrons. The predicted octanol–water partition coefficient (Wildman–Crippen LogP) is 2.73. The summed E-state index contributed by atoms with van der Waals surface area (Å²) in [7, 11) is 1.87. The third-order valence-corrected chi connectivity index (χ3v) is 5.21. The van der Waals surface area contributed by atoms with Crippen LogP contribution in [-0.2, 0) is 4.79 Å². The Bertz CT molecular complexity index is 727. The molecule has 5 heteroatoms. The molecule has 1 fully saturated rings. The number of carbonyl (C=O) groups is 1. The molecule has 1 amide bonds. The number of amides is 1. The molecule has 3 rings (SSSR count). The Morgan fingerprint density at radius 2 is 1.65 bits per heavy atom. The maximum Gasteiger partial charge on any atom is 0.236 e. The van der Waals surface area contributed by atoms with E-state index in [1.165, 1.54) is 0 Å². The Hall–Kier alpha value is -2.53. The fourth-order valence-electron chi connectivity index (χ4n) is 3.35. The zero-order chi connectivity index (χ0) is 18.5. The lowest BCUT2D eigenvalue weighted by atomic mass is 10.1. The van der Waals surface area contributed by atoms with Crippen LogP contribution in [0.25, 0.3) is 0 Å². The Kier molecular flexibility index (Phi) is 5.78. The van der Waals surface area contributed by atoms with Crippen LogP contribution in [0.4, 0.5) is 5.69 Å². The number of anilines is 1. The van der Waals surface area contributed by atoms with Gasteiger partial charge in [0.1, 0.15) is 5.75 Å². The second kappa shape index (κ2) is 8.23. The van der Waals surface area contributed by atoms with Gasteiger partial charge in [0.05, 0.1) is 18.3 Å². The van der Waals surface area contributed by atoms with Crippen LogP contribution in [0.1, 0.15) is 18.5 Å². The summed E-state index contributed by atoms with van der Waals surface area (Å²) in [5, 5.41) is 10.0. The predicted molar refractivity (Wildman–Crippen MR) is 104 cm³/mol. The quantitative estimate of drug-likeness (QED) is 0.898. The molecule has 1 atom stereocenters. The van der Waals surface area contributed by atoms with Crippen molar-refractivity contribution < 1.29 is 9.90 Å². The minimum absolute atomic E-state index is 0.0613. The minimum Gasteiger partial charge on any atom is -0.506 e. The number of nitrogens with zero attached hydrogens (tertiary/aromatic N) is 3. The Morgan fingerprint density at radius 1 is 1.04 bits per heavy atom. The van der Waals surface area contributed by atoms with E-state index in [9.17, 15) is 9.90 Å². The van der Waals surface area contributed by atoms with Crippen molar-refractivity contribution in [3.05, 3.63) is 60.2 Å². The van der Waals surface area contributed by atoms with Crippen molar-refractivity contribution >= 4 is 11.6 Å². The van der Waals surface area contributed by atoms with Crippen molar-refractivity contribution in [3.8, 4) is 5.75 Å². The SMILES string of the molecule is C[C@@H](c1ccccc1)N(C)C(=O)CN1CCN(c2ccccc2O)CC1. The highest BCUT2D eigenvalue weighted by atomic mass is 16.3. The molecule has 5 nitrogen and oxygen atoms in total. The molecular weight excluding hydrogens is 326 g/mol. The van der Waals surface area contributed by atoms with Gasteiger partial charge in [-0.3, -0.25) is 9.69 Å². The van der Waals surface area contributed by atoms with Crippen molar-refractivity contribution in [2.45, 2.75) is 13.0 Å². The Labute approximate surface area is 155 Å². The summed E-state index contributed by atoms with van der Waals surface area (Å²) in [5.41, 5.74) is 2.01. The van der Waals surface area contributed by atoms with Gasteiger partial charge in [-0.2, -0.15) is 0 Å². The largest absolute Gasteiger partial charge is 0.506 e. The van der Waals surface area contributed by atoms with E-state index in [0.29, 0.717) is 12.3 Å². The molecule has 0 bridgehead atoms. The van der Waals surface area contributed by atoms with Gasteiger partial charge in [0.25, 0.3) is 0 Å². The van der Waals surface area contributed by atoms with E-state index in [4.69, 9.17) is 0 Å². The number of phenolic OH excluding ortho intramolecular Hbond substituents is 1. The lowest BCUT2D eigenvalue weighted by Gasteiger charge is -2.37. The molecule has 0 spiro atoms. The number of carbonyl (C=O) groups excluding carboxylic acids is 1. The van der Waals surface area contributed by atoms with E-state index in [1.807, 2.05) is 48.3 Å². The van der Waals surface area contributed by atoms with Crippen LogP contribution in [0.2, 0.25) is 0 Å². The second-order valence-electron chi connectivity index (χ2n) is 6.84. The maximum absolute atomic E-state index is 12.7. The lowest BCUT2D eigenvalue weighted by Crippen LogP contribution is -2.50. The summed E-state index contributed by atoms with van der Waals surface area (Å²) in [6.07, 6.45) is 0. The number of phenols is 1. The molecule has 1 aliphatic heterocycles. The van der Waals surface area contributed by atoms with Crippen LogP contribution in [-0.4, -0.2) is 60.6 Å². The first-order valence-electron chi connectivity index (χ1n) is 9.12. The molecule has 0 saturated carbocycles. The van der Waals surface area contributed by atoms with Gasteiger partial charge in [0.15, 0.2) is 0 Å². The summed E-state index contributed by atoms with van der Waals surface area (Å²) in [5.74, 6) is 0.450. The maximum atomic E-state index is 12.7. The van der Waals surface area contributed by atoms with Crippen LogP contribution in [0.5, 0.6) is 5.75 Å². The lowest BCUT2D eigenvalue weighted by molar-refractivity contribution is -0.133. The first-order valence-corrected chi connectivity index (χ1v) is 9.12. The molecule has 0 aliphatic carbocycles. The van der Waals surface area contributed by atoms with E-state index in [-0.39, 0.29) is 11.9 Å². The molecule has 1 N–H and O–H groups in total. The van der Waals surface area contributed by atoms with E-state index in [0.717, 1.165) is 37.4 Å². The molecule has 138 valence electrons. The van der Waals surface area contributed by atoms with E-state index in [1.54, 1.807) is 6.07 Å². The van der Waals surface area contributed by atoms with E-state index < -0.39 is 0 Å². The molecule has 26 heavy (non-hydrogen) atoms. The van der Waals surface area contributed by atoms with Gasteiger partial charge in [-0.05, 0) is 24.6 Å². The van der Waals surface area contributed by atoms with Crippen molar-refractivity contribution in [3.63, 3.8) is 0 Å². The third-order valence-electron chi connectivity index (χ3n) is 5.21. The standard InChI is InChI=1S/C21H27N3O2/c1-17(18-8-4-3-5-9-18)22(2)21(26)16-23-12-14-24(15-13-23)19-10-6-7-11-20(19)25/h3-11,17,25H,12-16H2,1-2H3/t17-/m0/s1. The van der Waals surface area contributed by atoms with Crippen LogP contribution in [0.3, 0.4) is 0 Å². The fraction of sp³-hybridized carbons (Fsp3) is 0.381. The molecule has 2 aromatic carbocycles. The number of hydrogen-bond acceptors (Lipinski definition) is 4. The summed E-state index contributed by atoms with van der Waals surface area (Å²) < 4.78 is 0. The third kappa shape index (κ3) is 4.17. The molecule has 1 heterocycles. The topological polar surface area (TPSA) is 47.0 Å². The Morgan fingerprint density at radius 3 is 2.31 bits per heavy atom. The molecule has 0 unspecified atom stereocenters. The summed E-state index contributed by atoms with van der Waals surface area (Å²) in [4.78, 5) is 18.8. The van der Waals surface area contributed by atoms with Gasteiger partial charge in [0, 0.05) is 33.2 Å². The van der Waals surface area contributed by atoms with Crippen LogP contribution in [0, 0.1) is 0 Å². The van der Waals surface area contributed by atoms with Crippen LogP contribution in [0.15, 0.2) is 54.6 Å². The molecule has 1 saturated heterocycles. The van der Waals surface area contributed by atoms with Gasteiger partial charge in [-0.15, -0.1) is 0 Å². The van der Waals surface area contributed by atoms with Crippen LogP contribution < -0.4 is 4.90 Å². The van der Waals surface area contributed by atoms with Gasteiger partial charge in [-0.25, -0.2) is 0 Å². The van der Waals surface area contributed by atoms with Crippen molar-refractivity contribution in [1.29, 1.82) is 0 Å². The van der Waals surface area contributed by atoms with Crippen molar-refractivity contribution in [1.82, 2.24) is 9.80 Å². The Balaban J connectivity index is 1.52. The normalized spacial score (nSPS) is 16.3. The minimum atomic E-state index is 0.0613. The number of hydrogen-bond donors (Lipinski definition) is 1. The fourth-order valence-corrected chi connectivity index (χ4v) is 3.35. The highest BCUT2D eigenvalue weighted by Crippen LogP contribution is 2.27. The average Bonchev–Trinajstić information content (AvgIpc) is 2.68. The highest BCUT2D eigenvalue weighted by molar-refractivity contribution is 5.78. The number of benzene rings is 2. The van der Waals surface area contributed by atoms with Crippen molar-refractivity contribution in [2.24, 2.45) is 0 Å². The molecule has 2 aromatic rings. The zero-order valence-corrected chi connectivity index (χ0v) is 15.5. The van der Waals surface area contributed by atoms with Gasteiger partial charge in [0.2, 0.25) is 5.91 Å². The number of rotatable bonds is 5. The summed E-state index contributed by atoms with van der Waals surface area (Å²) in [6.45, 7) is 5.73. The number of likely N-dealkylation sites (N-methyl/N-ethyl adjacent to an activating group) is 1. The summed E-state index contributed by atoms with van der Waals surface area (Å²) in [6, 6.07) is 17.6. The average molecular weight is 353 g/mol. The monoisotopic (exact) mass is 353 g/mol. The first-order chi connectivity index (χ1) is 12.6. The van der Waals surface area contributed by atoms with E-state index in [2.05, 4.69) is 28.9 Å². The molecule has 0 aromatic heterocycles. The van der Waals surface area contributed by atoms with Crippen LogP contribution >= 0.6 is 0 Å². The second-order valence-corrected chi connectivity index (χ2v) is 6.84. The number of piperazine rings is 1. The number of para-hydroxylation sites is 2. The smallest absolute Gasteiger partial charge is 0.236 e. The first kappa shape index (κ1) is 18.3. The molecular formula is C21H27N3O2.